The first-order valence-electron chi connectivity index (χ1n) is 7.85. The van der Waals surface area contributed by atoms with Crippen LogP contribution in [0, 0.1) is 20.8 Å². The third-order valence-corrected chi connectivity index (χ3v) is 5.31. The molecule has 5 heteroatoms. The molecule has 0 N–H and O–H groups in total. The van der Waals surface area contributed by atoms with Gasteiger partial charge in [-0.3, -0.25) is 0 Å². The number of para-hydroxylation sites is 1. The maximum absolute atomic E-state index is 5.44. The molecule has 3 nitrogen and oxygen atoms in total. The number of halogens is 1. The number of hydrogen-bond donors (Lipinski definition) is 0. The molecule has 25 heavy (non-hydrogen) atoms. The van der Waals surface area contributed by atoms with Crippen LogP contribution in [0.25, 0.3) is 16.8 Å². The van der Waals surface area contributed by atoms with Crippen molar-refractivity contribution in [1.29, 1.82) is 0 Å². The smallest absolute Gasteiger partial charge is 0.231 e. The summed E-state index contributed by atoms with van der Waals surface area (Å²) >= 11 is 1.77. The van der Waals surface area contributed by atoms with Crippen molar-refractivity contribution in [3.8, 4) is 28.3 Å². The number of aryl methyl sites for hydroxylation is 2. The zero-order valence-corrected chi connectivity index (χ0v) is 16.7. The summed E-state index contributed by atoms with van der Waals surface area (Å²) in [7, 11) is 3.35. The van der Waals surface area contributed by atoms with E-state index in [1.54, 1.807) is 25.6 Å². The van der Waals surface area contributed by atoms with Crippen LogP contribution < -0.4 is 26.4 Å². The molecule has 132 valence electrons. The number of methoxy groups -OCH3 is 2. The summed E-state index contributed by atoms with van der Waals surface area (Å²) in [5.41, 5.74) is 8.13. The Hall–Kier alpha value is -2.04. The lowest BCUT2D eigenvalue weighted by Gasteiger charge is -2.11. The average molecular weight is 376 g/mol. The lowest BCUT2D eigenvalue weighted by molar-refractivity contribution is -0.597. The van der Waals surface area contributed by atoms with Crippen LogP contribution in [0.2, 0.25) is 0 Å². The topological polar surface area (TPSA) is 22.3 Å². The van der Waals surface area contributed by atoms with Crippen molar-refractivity contribution in [3.63, 3.8) is 0 Å². The van der Waals surface area contributed by atoms with Gasteiger partial charge in [0.25, 0.3) is 0 Å². The summed E-state index contributed by atoms with van der Waals surface area (Å²) in [5.74, 6) is 1.58. The molecule has 0 aliphatic carbocycles. The Morgan fingerprint density at radius 1 is 0.920 bits per heavy atom. The fourth-order valence-corrected chi connectivity index (χ4v) is 3.66. The second-order valence-corrected chi connectivity index (χ2v) is 6.87. The fourth-order valence-electron chi connectivity index (χ4n) is 2.86. The highest BCUT2D eigenvalue weighted by Gasteiger charge is 2.22. The molecule has 0 spiro atoms. The summed E-state index contributed by atoms with van der Waals surface area (Å²) in [5, 5.41) is 0. The number of nitrogens with zero attached hydrogens (tertiary/aromatic N) is 1. The van der Waals surface area contributed by atoms with Gasteiger partial charge in [-0.15, -0.1) is 0 Å². The second kappa shape index (κ2) is 7.89. The number of ether oxygens (including phenoxy) is 2. The van der Waals surface area contributed by atoms with E-state index >= 15 is 0 Å². The van der Waals surface area contributed by atoms with Gasteiger partial charge in [0.1, 0.15) is 11.5 Å². The van der Waals surface area contributed by atoms with Gasteiger partial charge in [0, 0.05) is 18.6 Å². The van der Waals surface area contributed by atoms with Crippen molar-refractivity contribution >= 4 is 11.3 Å². The van der Waals surface area contributed by atoms with Gasteiger partial charge in [-0.05, 0) is 37.6 Å². The summed E-state index contributed by atoms with van der Waals surface area (Å²) in [6.45, 7) is 6.47. The van der Waals surface area contributed by atoms with E-state index in [1.807, 2.05) is 6.07 Å². The second-order valence-electron chi connectivity index (χ2n) is 5.81. The minimum atomic E-state index is 0. The molecule has 0 unspecified atom stereocenters. The molecular formula is C20H22ClNO2S. The quantitative estimate of drug-likeness (QED) is 0.647. The molecule has 3 aromatic rings. The molecule has 0 saturated carbocycles. The maximum atomic E-state index is 5.44. The van der Waals surface area contributed by atoms with Crippen molar-refractivity contribution in [2.75, 3.05) is 14.2 Å². The number of rotatable bonds is 4. The van der Waals surface area contributed by atoms with E-state index in [0.717, 1.165) is 22.6 Å². The third kappa shape index (κ3) is 3.65. The number of aromatic nitrogens is 1. The number of hydrogen-bond acceptors (Lipinski definition) is 3. The monoisotopic (exact) mass is 375 g/mol. The summed E-state index contributed by atoms with van der Waals surface area (Å²) in [4.78, 5) is 1.33. The molecule has 0 saturated heterocycles. The molecule has 0 aliphatic heterocycles. The average Bonchev–Trinajstić information content (AvgIpc) is 2.93. The van der Waals surface area contributed by atoms with E-state index in [4.69, 9.17) is 9.47 Å². The normalized spacial score (nSPS) is 10.3. The van der Waals surface area contributed by atoms with Crippen LogP contribution in [-0.4, -0.2) is 14.2 Å². The molecule has 1 heterocycles. The van der Waals surface area contributed by atoms with Gasteiger partial charge in [0.05, 0.1) is 24.7 Å². The minimum absolute atomic E-state index is 0. The molecule has 2 aromatic carbocycles. The predicted molar refractivity (Wildman–Crippen MR) is 98.6 cm³/mol. The van der Waals surface area contributed by atoms with E-state index in [1.165, 1.54) is 21.8 Å². The lowest BCUT2D eigenvalue weighted by Crippen LogP contribution is -3.00. The molecule has 0 amide bonds. The molecule has 0 bridgehead atoms. The summed E-state index contributed by atoms with van der Waals surface area (Å²) in [6.07, 6.45) is 0. The van der Waals surface area contributed by atoms with Crippen LogP contribution in [0.15, 0.2) is 41.9 Å². The first-order valence-corrected chi connectivity index (χ1v) is 8.73. The van der Waals surface area contributed by atoms with Gasteiger partial charge in [-0.2, -0.15) is 4.57 Å². The first-order chi connectivity index (χ1) is 11.5. The van der Waals surface area contributed by atoms with Crippen LogP contribution in [0.1, 0.15) is 16.1 Å². The minimum Gasteiger partial charge on any atom is -1.00 e. The third-order valence-electron chi connectivity index (χ3n) is 4.35. The van der Waals surface area contributed by atoms with Crippen molar-refractivity contribution in [2.24, 2.45) is 0 Å². The molecule has 3 rings (SSSR count). The highest BCUT2D eigenvalue weighted by Crippen LogP contribution is 2.33. The Morgan fingerprint density at radius 3 is 2.08 bits per heavy atom. The Labute approximate surface area is 159 Å². The molecule has 0 aliphatic rings. The van der Waals surface area contributed by atoms with Gasteiger partial charge in [0.15, 0.2) is 5.69 Å². The zero-order chi connectivity index (χ0) is 17.3. The van der Waals surface area contributed by atoms with E-state index < -0.39 is 0 Å². The highest BCUT2D eigenvalue weighted by molar-refractivity contribution is 7.09. The first kappa shape index (κ1) is 19.3. The molecule has 1 aromatic heterocycles. The van der Waals surface area contributed by atoms with Crippen molar-refractivity contribution in [1.82, 2.24) is 0 Å². The largest absolute Gasteiger partial charge is 1.00 e. The van der Waals surface area contributed by atoms with Gasteiger partial charge in [-0.25, -0.2) is 0 Å². The zero-order valence-electron chi connectivity index (χ0n) is 15.1. The highest BCUT2D eigenvalue weighted by atomic mass is 35.5. The summed E-state index contributed by atoms with van der Waals surface area (Å²) in [6, 6.07) is 12.4. The van der Waals surface area contributed by atoms with Crippen LogP contribution in [-0.2, 0) is 0 Å². The summed E-state index contributed by atoms with van der Waals surface area (Å²) < 4.78 is 13.1. The lowest BCUT2D eigenvalue weighted by atomic mass is 9.99. The molecule has 0 radical (unpaired) electrons. The maximum Gasteiger partial charge on any atom is 0.231 e. The Bertz CT molecular complexity index is 867. The Kier molecular flexibility index (Phi) is 6.09. The molecule has 0 atom stereocenters. The van der Waals surface area contributed by atoms with E-state index in [-0.39, 0.29) is 12.4 Å². The molecule has 0 fully saturated rings. The number of thiazole rings is 1. The van der Waals surface area contributed by atoms with E-state index in [9.17, 15) is 0 Å². The van der Waals surface area contributed by atoms with Crippen LogP contribution in [0.4, 0.5) is 0 Å². The van der Waals surface area contributed by atoms with Crippen LogP contribution in [0.5, 0.6) is 11.5 Å². The van der Waals surface area contributed by atoms with Crippen molar-refractivity contribution in [3.05, 3.63) is 58.0 Å². The van der Waals surface area contributed by atoms with Crippen LogP contribution >= 0.6 is 11.3 Å². The predicted octanol–water partition coefficient (Wildman–Crippen LogP) is 1.64. The fraction of sp³-hybridized carbons (Fsp3) is 0.250. The Morgan fingerprint density at radius 2 is 1.56 bits per heavy atom. The SMILES string of the molecule is COc1cc(OC)cc(-c2cccc(C)c2-[n+]2csc(C)c2C)c1.[Cl-]. The van der Waals surface area contributed by atoms with Gasteiger partial charge >= 0.3 is 0 Å². The molecular weight excluding hydrogens is 354 g/mol. The Balaban J connectivity index is 0.00000225. The van der Waals surface area contributed by atoms with E-state index in [2.05, 4.69) is 61.2 Å². The van der Waals surface area contributed by atoms with Crippen molar-refractivity contribution < 1.29 is 26.4 Å². The standard InChI is InChI=1S/C20H22NO2S.ClH/c1-13-7-6-8-19(20(13)21-12-24-15(3)14(21)2)16-9-17(22-4)11-18(10-16)23-5;/h6-12H,1-5H3;1H/q+1;/p-1. The van der Waals surface area contributed by atoms with Crippen molar-refractivity contribution in [2.45, 2.75) is 20.8 Å². The van der Waals surface area contributed by atoms with Gasteiger partial charge < -0.3 is 21.9 Å². The van der Waals surface area contributed by atoms with Crippen LogP contribution in [0.3, 0.4) is 0 Å². The van der Waals surface area contributed by atoms with E-state index in [0.29, 0.717) is 0 Å². The van der Waals surface area contributed by atoms with Gasteiger partial charge in [0.2, 0.25) is 11.2 Å². The van der Waals surface area contributed by atoms with Gasteiger partial charge in [-0.1, -0.05) is 23.5 Å². The number of benzene rings is 2.